The summed E-state index contributed by atoms with van der Waals surface area (Å²) in [7, 11) is 0. The SMILES string of the molecule is NC(Cc1c[nH]c2ccccc12)C(=O)N1CCCC1C(=O)NC(Cc1ccc(O)cc1)C(=O)NC(CO)C(=O)O. The van der Waals surface area contributed by atoms with Crippen molar-refractivity contribution in [2.75, 3.05) is 13.2 Å². The number of rotatable bonds is 11. The second kappa shape index (κ2) is 12.6. The molecule has 212 valence electrons. The molecule has 2 heterocycles. The van der Waals surface area contributed by atoms with E-state index in [4.69, 9.17) is 5.73 Å². The molecule has 40 heavy (non-hydrogen) atoms. The molecule has 1 fully saturated rings. The molecule has 4 rings (SSSR count). The number of carbonyl (C=O) groups excluding carboxylic acids is 3. The summed E-state index contributed by atoms with van der Waals surface area (Å²) in [5, 5.41) is 34.0. The minimum absolute atomic E-state index is 0.0175. The number of carboxylic acids is 1. The van der Waals surface area contributed by atoms with E-state index in [-0.39, 0.29) is 24.5 Å². The Balaban J connectivity index is 1.47. The van der Waals surface area contributed by atoms with Gasteiger partial charge in [-0.25, -0.2) is 4.79 Å². The van der Waals surface area contributed by atoms with Crippen LogP contribution in [0.1, 0.15) is 24.0 Å². The number of benzene rings is 2. The first kappa shape index (κ1) is 28.6. The van der Waals surface area contributed by atoms with E-state index < -0.39 is 48.6 Å². The van der Waals surface area contributed by atoms with Crippen LogP contribution in [-0.4, -0.2) is 86.2 Å². The van der Waals surface area contributed by atoms with Gasteiger partial charge in [-0.2, -0.15) is 0 Å². The molecule has 0 spiro atoms. The number of phenols is 1. The molecule has 0 bridgehead atoms. The number of fused-ring (bicyclic) bond motifs is 1. The predicted octanol–water partition coefficient (Wildman–Crippen LogP) is 0.0235. The van der Waals surface area contributed by atoms with Gasteiger partial charge in [0.1, 0.15) is 23.9 Å². The maximum Gasteiger partial charge on any atom is 0.328 e. The fourth-order valence-corrected chi connectivity index (χ4v) is 4.94. The molecule has 4 unspecified atom stereocenters. The van der Waals surface area contributed by atoms with Crippen LogP contribution in [0.15, 0.2) is 54.7 Å². The Labute approximate surface area is 230 Å². The molecule has 1 aliphatic rings. The molecule has 1 aromatic heterocycles. The zero-order chi connectivity index (χ0) is 28.8. The number of H-pyrrole nitrogens is 1. The molecule has 8 N–H and O–H groups in total. The van der Waals surface area contributed by atoms with E-state index in [0.29, 0.717) is 24.9 Å². The zero-order valence-corrected chi connectivity index (χ0v) is 21.7. The van der Waals surface area contributed by atoms with E-state index in [1.807, 2.05) is 30.5 Å². The van der Waals surface area contributed by atoms with Crippen molar-refractivity contribution < 1.29 is 34.5 Å². The number of hydrogen-bond donors (Lipinski definition) is 7. The Kier molecular flexibility index (Phi) is 9.02. The largest absolute Gasteiger partial charge is 0.508 e. The quantitative estimate of drug-likeness (QED) is 0.173. The maximum atomic E-state index is 13.4. The van der Waals surface area contributed by atoms with Crippen molar-refractivity contribution >= 4 is 34.6 Å². The maximum absolute atomic E-state index is 13.4. The summed E-state index contributed by atoms with van der Waals surface area (Å²) in [4.78, 5) is 55.6. The molecule has 4 atom stereocenters. The first-order valence-corrected chi connectivity index (χ1v) is 13.0. The molecule has 12 heteroatoms. The van der Waals surface area contributed by atoms with Gasteiger partial charge in [0.25, 0.3) is 0 Å². The number of para-hydroxylation sites is 1. The number of phenolic OH excluding ortho intramolecular Hbond substituents is 1. The third-order valence-electron chi connectivity index (χ3n) is 7.08. The van der Waals surface area contributed by atoms with Gasteiger partial charge in [-0.1, -0.05) is 30.3 Å². The van der Waals surface area contributed by atoms with Gasteiger partial charge in [-0.05, 0) is 48.6 Å². The van der Waals surface area contributed by atoms with Gasteiger partial charge >= 0.3 is 5.97 Å². The number of aliphatic hydroxyl groups excluding tert-OH is 1. The average molecular weight is 552 g/mol. The van der Waals surface area contributed by atoms with E-state index in [1.54, 1.807) is 12.1 Å². The minimum Gasteiger partial charge on any atom is -0.508 e. The van der Waals surface area contributed by atoms with Crippen LogP contribution in [0, 0.1) is 0 Å². The predicted molar refractivity (Wildman–Crippen MR) is 145 cm³/mol. The van der Waals surface area contributed by atoms with Gasteiger partial charge in [0.2, 0.25) is 17.7 Å². The number of nitrogens with two attached hydrogens (primary N) is 1. The number of nitrogens with zero attached hydrogens (tertiary/aromatic N) is 1. The van der Waals surface area contributed by atoms with Crippen molar-refractivity contribution in [2.45, 2.75) is 49.9 Å². The van der Waals surface area contributed by atoms with E-state index >= 15 is 0 Å². The number of hydrogen-bond acceptors (Lipinski definition) is 7. The lowest BCUT2D eigenvalue weighted by Gasteiger charge is -2.28. The standard InChI is InChI=1S/C28H33N5O7/c29-20(13-17-14-30-21-5-2-1-4-19(17)21)27(38)33-11-3-6-24(33)26(37)31-22(12-16-7-9-18(35)10-8-16)25(36)32-23(15-34)28(39)40/h1-2,4-5,7-10,14,20,22-24,30,34-35H,3,6,11-13,15,29H2,(H,31,37)(H,32,36)(H,39,40). The lowest BCUT2D eigenvalue weighted by Crippen LogP contribution is -2.57. The Hall–Kier alpha value is -4.42. The molecule has 12 nitrogen and oxygen atoms in total. The number of aromatic nitrogens is 1. The molecular formula is C28H33N5O7. The van der Waals surface area contributed by atoms with Crippen molar-refractivity contribution in [3.8, 4) is 5.75 Å². The van der Waals surface area contributed by atoms with Crippen LogP contribution in [0.3, 0.4) is 0 Å². The Morgan fingerprint density at radius 1 is 1.02 bits per heavy atom. The second-order valence-corrected chi connectivity index (χ2v) is 9.87. The van der Waals surface area contributed by atoms with Gasteiger partial charge in [0.05, 0.1) is 12.6 Å². The topological polar surface area (TPSA) is 198 Å². The number of aromatic hydroxyl groups is 1. The number of amides is 3. The van der Waals surface area contributed by atoms with Crippen molar-refractivity contribution in [3.05, 3.63) is 65.9 Å². The first-order chi connectivity index (χ1) is 19.2. The minimum atomic E-state index is -1.56. The summed E-state index contributed by atoms with van der Waals surface area (Å²) >= 11 is 0. The third-order valence-corrected chi connectivity index (χ3v) is 7.08. The van der Waals surface area contributed by atoms with Gasteiger partial charge in [-0.15, -0.1) is 0 Å². The Morgan fingerprint density at radius 2 is 1.75 bits per heavy atom. The second-order valence-electron chi connectivity index (χ2n) is 9.87. The van der Waals surface area contributed by atoms with Crippen LogP contribution in [0.2, 0.25) is 0 Å². The average Bonchev–Trinajstić information content (AvgIpc) is 3.59. The van der Waals surface area contributed by atoms with Gasteiger partial charge in [-0.3, -0.25) is 14.4 Å². The van der Waals surface area contributed by atoms with E-state index in [2.05, 4.69) is 15.6 Å². The van der Waals surface area contributed by atoms with Crippen molar-refractivity contribution in [2.24, 2.45) is 5.73 Å². The number of aliphatic hydroxyl groups is 1. The van der Waals surface area contributed by atoms with Crippen molar-refractivity contribution in [1.29, 1.82) is 0 Å². The molecule has 1 aliphatic heterocycles. The number of nitrogens with one attached hydrogen (secondary N) is 3. The zero-order valence-electron chi connectivity index (χ0n) is 21.7. The fourth-order valence-electron chi connectivity index (χ4n) is 4.94. The summed E-state index contributed by atoms with van der Waals surface area (Å²) in [5.41, 5.74) is 8.71. The van der Waals surface area contributed by atoms with Gasteiger partial charge < -0.3 is 41.6 Å². The third kappa shape index (κ3) is 6.58. The van der Waals surface area contributed by atoms with E-state index in [0.717, 1.165) is 16.5 Å². The molecule has 0 saturated carbocycles. The van der Waals surface area contributed by atoms with Gasteiger partial charge in [0.15, 0.2) is 0 Å². The summed E-state index contributed by atoms with van der Waals surface area (Å²) in [6.45, 7) is -0.501. The van der Waals surface area contributed by atoms with E-state index in [1.165, 1.54) is 17.0 Å². The lowest BCUT2D eigenvalue weighted by molar-refractivity contribution is -0.144. The van der Waals surface area contributed by atoms with Crippen molar-refractivity contribution in [1.82, 2.24) is 20.5 Å². The molecule has 3 amide bonds. The fraction of sp³-hybridized carbons (Fsp3) is 0.357. The van der Waals surface area contributed by atoms with Gasteiger partial charge in [0, 0.05) is 30.1 Å². The van der Waals surface area contributed by atoms with Crippen LogP contribution >= 0.6 is 0 Å². The number of likely N-dealkylation sites (tertiary alicyclic amines) is 1. The molecule has 3 aromatic rings. The normalized spacial score (nSPS) is 17.2. The van der Waals surface area contributed by atoms with Crippen LogP contribution in [0.25, 0.3) is 10.9 Å². The van der Waals surface area contributed by atoms with Crippen LogP contribution in [0.5, 0.6) is 5.75 Å². The highest BCUT2D eigenvalue weighted by Gasteiger charge is 2.38. The molecular weight excluding hydrogens is 518 g/mol. The monoisotopic (exact) mass is 551 g/mol. The lowest BCUT2D eigenvalue weighted by atomic mass is 10.0. The van der Waals surface area contributed by atoms with Crippen LogP contribution in [0.4, 0.5) is 0 Å². The highest BCUT2D eigenvalue weighted by molar-refractivity contribution is 5.95. The molecule has 2 aromatic carbocycles. The molecule has 0 radical (unpaired) electrons. The molecule has 0 aliphatic carbocycles. The molecule has 1 saturated heterocycles. The number of carboxylic acid groups (broad SMARTS) is 1. The number of aromatic amines is 1. The summed E-state index contributed by atoms with van der Waals surface area (Å²) in [6, 6.07) is 9.15. The highest BCUT2D eigenvalue weighted by Crippen LogP contribution is 2.22. The summed E-state index contributed by atoms with van der Waals surface area (Å²) in [6.07, 6.45) is 3.02. The van der Waals surface area contributed by atoms with Crippen LogP contribution < -0.4 is 16.4 Å². The number of carbonyl (C=O) groups is 4. The Morgan fingerprint density at radius 3 is 2.45 bits per heavy atom. The van der Waals surface area contributed by atoms with Crippen LogP contribution in [-0.2, 0) is 32.0 Å². The highest BCUT2D eigenvalue weighted by atomic mass is 16.4. The van der Waals surface area contributed by atoms with Crippen molar-refractivity contribution in [3.63, 3.8) is 0 Å². The Bertz CT molecular complexity index is 1370. The smallest absolute Gasteiger partial charge is 0.328 e. The first-order valence-electron chi connectivity index (χ1n) is 13.0. The number of aliphatic carboxylic acids is 1. The summed E-state index contributed by atoms with van der Waals surface area (Å²) in [5.74, 6) is -3.17. The van der Waals surface area contributed by atoms with E-state index in [9.17, 15) is 34.5 Å². The summed E-state index contributed by atoms with van der Waals surface area (Å²) < 4.78 is 0.